The van der Waals surface area contributed by atoms with Crippen LogP contribution < -0.4 is 10.6 Å². The molecule has 0 aliphatic heterocycles. The van der Waals surface area contributed by atoms with E-state index in [0.29, 0.717) is 34.5 Å². The summed E-state index contributed by atoms with van der Waals surface area (Å²) in [6.07, 6.45) is 5.83. The molecule has 0 radical (unpaired) electrons. The summed E-state index contributed by atoms with van der Waals surface area (Å²) in [5.41, 5.74) is 1.22. The predicted octanol–water partition coefficient (Wildman–Crippen LogP) is 3.97. The first-order chi connectivity index (χ1) is 11.6. The molecule has 7 heteroatoms. The molecule has 0 spiro atoms. The lowest BCUT2D eigenvalue weighted by Crippen LogP contribution is -2.26. The van der Waals surface area contributed by atoms with Crippen molar-refractivity contribution in [2.24, 2.45) is 0 Å². The van der Waals surface area contributed by atoms with Gasteiger partial charge in [0.25, 0.3) is 5.91 Å². The van der Waals surface area contributed by atoms with E-state index in [2.05, 4.69) is 27.5 Å². The second-order valence-corrected chi connectivity index (χ2v) is 6.15. The van der Waals surface area contributed by atoms with Crippen molar-refractivity contribution >= 4 is 34.9 Å². The van der Waals surface area contributed by atoms with Crippen molar-refractivity contribution in [3.05, 3.63) is 51.9 Å². The Labute approximate surface area is 151 Å². The average molecular weight is 367 g/mol. The molecule has 1 heterocycles. The number of aromatic nitrogens is 2. The van der Waals surface area contributed by atoms with Gasteiger partial charge in [-0.05, 0) is 30.5 Å². The normalized spacial score (nSPS) is 10.5. The van der Waals surface area contributed by atoms with Gasteiger partial charge in [-0.25, -0.2) is 9.97 Å². The number of halogens is 2. The molecule has 2 aromatic rings. The van der Waals surface area contributed by atoms with E-state index in [-0.39, 0.29) is 5.91 Å². The number of nitrogens with zero attached hydrogens (tertiary/aromatic N) is 2. The summed E-state index contributed by atoms with van der Waals surface area (Å²) in [7, 11) is 0. The quantitative estimate of drug-likeness (QED) is 0.693. The monoisotopic (exact) mass is 366 g/mol. The van der Waals surface area contributed by atoms with Crippen LogP contribution in [0.15, 0.2) is 30.6 Å². The molecule has 0 atom stereocenters. The highest BCUT2D eigenvalue weighted by Gasteiger charge is 2.08. The van der Waals surface area contributed by atoms with Gasteiger partial charge in [0, 0.05) is 23.1 Å². The van der Waals surface area contributed by atoms with Gasteiger partial charge in [-0.3, -0.25) is 4.79 Å². The maximum absolute atomic E-state index is 12.1. The highest BCUT2D eigenvalue weighted by atomic mass is 35.5. The van der Waals surface area contributed by atoms with Crippen LogP contribution in [0.3, 0.4) is 0 Å². The molecular weight excluding hydrogens is 347 g/mol. The number of hydrogen-bond acceptors (Lipinski definition) is 4. The highest BCUT2D eigenvalue weighted by molar-refractivity contribution is 6.35. The van der Waals surface area contributed by atoms with Crippen molar-refractivity contribution in [1.29, 1.82) is 0 Å². The van der Waals surface area contributed by atoms with Crippen molar-refractivity contribution in [1.82, 2.24) is 15.3 Å². The van der Waals surface area contributed by atoms with Crippen LogP contribution in [-0.2, 0) is 6.42 Å². The van der Waals surface area contributed by atoms with Gasteiger partial charge in [0.05, 0.1) is 12.4 Å². The summed E-state index contributed by atoms with van der Waals surface area (Å²) < 4.78 is 0. The molecule has 2 N–H and O–H groups in total. The maximum Gasteiger partial charge on any atom is 0.271 e. The number of hydrogen-bond donors (Lipinski definition) is 2. The number of carbonyl (C=O) groups is 1. The van der Waals surface area contributed by atoms with Crippen molar-refractivity contribution in [2.45, 2.75) is 26.2 Å². The van der Waals surface area contributed by atoms with Gasteiger partial charge in [-0.15, -0.1) is 0 Å². The minimum absolute atomic E-state index is 0.257. The molecule has 5 nitrogen and oxygen atoms in total. The summed E-state index contributed by atoms with van der Waals surface area (Å²) in [6, 6.07) is 5.32. The van der Waals surface area contributed by atoms with Crippen molar-refractivity contribution in [2.75, 3.05) is 18.4 Å². The molecule has 1 amide bonds. The third-order valence-electron chi connectivity index (χ3n) is 3.42. The zero-order chi connectivity index (χ0) is 17.4. The Morgan fingerprint density at radius 2 is 2.00 bits per heavy atom. The van der Waals surface area contributed by atoms with E-state index in [1.54, 1.807) is 18.3 Å². The summed E-state index contributed by atoms with van der Waals surface area (Å²) in [5, 5.41) is 7.15. The van der Waals surface area contributed by atoms with Gasteiger partial charge in [0.15, 0.2) is 0 Å². The van der Waals surface area contributed by atoms with Crippen LogP contribution in [0, 0.1) is 0 Å². The van der Waals surface area contributed by atoms with Crippen molar-refractivity contribution in [3.8, 4) is 0 Å². The second-order valence-electron chi connectivity index (χ2n) is 5.31. The van der Waals surface area contributed by atoms with Gasteiger partial charge in [-0.2, -0.15) is 0 Å². The first-order valence-electron chi connectivity index (χ1n) is 7.88. The first kappa shape index (κ1) is 18.5. The van der Waals surface area contributed by atoms with E-state index in [1.165, 1.54) is 6.20 Å². The Kier molecular flexibility index (Phi) is 7.28. The Balaban J connectivity index is 1.81. The lowest BCUT2D eigenvalue weighted by atomic mass is 10.1. The van der Waals surface area contributed by atoms with Crippen molar-refractivity contribution < 1.29 is 4.79 Å². The van der Waals surface area contributed by atoms with E-state index >= 15 is 0 Å². The fraction of sp³-hybridized carbons (Fsp3) is 0.353. The summed E-state index contributed by atoms with van der Waals surface area (Å²) in [6.45, 7) is 3.43. The SMILES string of the molecule is CCCCNc1cnc(C(=O)NCCc2ccc(Cl)cc2Cl)cn1. The van der Waals surface area contributed by atoms with Crippen LogP contribution in [0.1, 0.15) is 35.8 Å². The Hall–Kier alpha value is -1.85. The molecule has 1 aromatic carbocycles. The number of nitrogens with one attached hydrogen (secondary N) is 2. The standard InChI is InChI=1S/C17H20Cl2N4O/c1-2-3-7-20-16-11-22-15(10-23-16)17(24)21-8-6-12-4-5-13(18)9-14(12)19/h4-5,9-11H,2-3,6-8H2,1H3,(H,20,23)(H,21,24). The molecule has 128 valence electrons. The predicted molar refractivity (Wildman–Crippen MR) is 97.9 cm³/mol. The van der Waals surface area contributed by atoms with E-state index in [4.69, 9.17) is 23.2 Å². The van der Waals surface area contributed by atoms with E-state index in [1.807, 2.05) is 6.07 Å². The second kappa shape index (κ2) is 9.45. The van der Waals surface area contributed by atoms with Gasteiger partial charge in [-0.1, -0.05) is 42.6 Å². The fourth-order valence-corrected chi connectivity index (χ4v) is 2.56. The highest BCUT2D eigenvalue weighted by Crippen LogP contribution is 2.21. The lowest BCUT2D eigenvalue weighted by Gasteiger charge is -2.07. The number of anilines is 1. The topological polar surface area (TPSA) is 66.9 Å². The van der Waals surface area contributed by atoms with Gasteiger partial charge in [0.2, 0.25) is 0 Å². The molecule has 0 saturated heterocycles. The Morgan fingerprint density at radius 1 is 1.17 bits per heavy atom. The van der Waals surface area contributed by atoms with Gasteiger partial charge >= 0.3 is 0 Å². The van der Waals surface area contributed by atoms with Gasteiger partial charge in [0.1, 0.15) is 11.5 Å². The Morgan fingerprint density at radius 3 is 2.67 bits per heavy atom. The van der Waals surface area contributed by atoms with Crippen LogP contribution in [0.5, 0.6) is 0 Å². The van der Waals surface area contributed by atoms with Gasteiger partial charge < -0.3 is 10.6 Å². The average Bonchev–Trinajstić information content (AvgIpc) is 2.57. The Bertz CT molecular complexity index is 677. The molecule has 2 rings (SSSR count). The molecule has 0 bridgehead atoms. The third-order valence-corrected chi connectivity index (χ3v) is 4.00. The fourth-order valence-electron chi connectivity index (χ4n) is 2.06. The number of unbranched alkanes of at least 4 members (excludes halogenated alkanes) is 1. The van der Waals surface area contributed by atoms with Crippen LogP contribution >= 0.6 is 23.2 Å². The number of benzene rings is 1. The minimum Gasteiger partial charge on any atom is -0.369 e. The molecule has 0 aliphatic carbocycles. The molecular formula is C17H20Cl2N4O. The first-order valence-corrected chi connectivity index (χ1v) is 8.63. The smallest absolute Gasteiger partial charge is 0.271 e. The summed E-state index contributed by atoms with van der Waals surface area (Å²) >= 11 is 12.0. The minimum atomic E-state index is -0.257. The van der Waals surface area contributed by atoms with Crippen molar-refractivity contribution in [3.63, 3.8) is 0 Å². The maximum atomic E-state index is 12.1. The zero-order valence-electron chi connectivity index (χ0n) is 13.5. The van der Waals surface area contributed by atoms with E-state index in [0.717, 1.165) is 24.9 Å². The van der Waals surface area contributed by atoms with Crippen LogP contribution in [0.4, 0.5) is 5.82 Å². The molecule has 1 aromatic heterocycles. The number of carbonyl (C=O) groups excluding carboxylic acids is 1. The molecule has 24 heavy (non-hydrogen) atoms. The van der Waals surface area contributed by atoms with Crippen LogP contribution in [0.25, 0.3) is 0 Å². The van der Waals surface area contributed by atoms with E-state index in [9.17, 15) is 4.79 Å². The van der Waals surface area contributed by atoms with E-state index < -0.39 is 0 Å². The summed E-state index contributed by atoms with van der Waals surface area (Å²) in [4.78, 5) is 20.4. The molecule has 0 fully saturated rings. The summed E-state index contributed by atoms with van der Waals surface area (Å²) in [5.74, 6) is 0.417. The molecule has 0 unspecified atom stereocenters. The number of rotatable bonds is 8. The van der Waals surface area contributed by atoms with Crippen LogP contribution in [-0.4, -0.2) is 29.0 Å². The third kappa shape index (κ3) is 5.65. The number of amides is 1. The largest absolute Gasteiger partial charge is 0.369 e. The molecule has 0 aliphatic rings. The van der Waals surface area contributed by atoms with Crippen LogP contribution in [0.2, 0.25) is 10.0 Å². The molecule has 0 saturated carbocycles. The lowest BCUT2D eigenvalue weighted by molar-refractivity contribution is 0.0949. The zero-order valence-corrected chi connectivity index (χ0v) is 15.0.